The average Bonchev–Trinajstić information content (AvgIpc) is 2.10. The van der Waals surface area contributed by atoms with Crippen molar-refractivity contribution in [3.63, 3.8) is 0 Å². The lowest BCUT2D eigenvalue weighted by Gasteiger charge is -2.07. The molecule has 0 saturated heterocycles. The van der Waals surface area contributed by atoms with Gasteiger partial charge in [0.15, 0.2) is 0 Å². The van der Waals surface area contributed by atoms with Gasteiger partial charge in [-0.05, 0) is 6.26 Å². The summed E-state index contributed by atoms with van der Waals surface area (Å²) in [5, 5.41) is 3.17. The number of alkyl halides is 1. The third-order valence-electron chi connectivity index (χ3n) is 1.26. The molecule has 0 amide bonds. The standard InChI is InChI=1S/C7H14INO2S/c1-11-7(10)6(8)5-9-3-4-12-2/h6,9H,3-5H2,1-2H3. The average molecular weight is 303 g/mol. The highest BCUT2D eigenvalue weighted by Gasteiger charge is 2.13. The molecule has 0 aromatic rings. The highest BCUT2D eigenvalue weighted by atomic mass is 127. The number of ether oxygens (including phenoxy) is 1. The van der Waals surface area contributed by atoms with Crippen molar-refractivity contribution in [1.82, 2.24) is 5.32 Å². The van der Waals surface area contributed by atoms with Crippen LogP contribution in [0.3, 0.4) is 0 Å². The predicted molar refractivity (Wildman–Crippen MR) is 61.1 cm³/mol. The summed E-state index contributed by atoms with van der Waals surface area (Å²) in [4.78, 5) is 10.9. The van der Waals surface area contributed by atoms with E-state index in [9.17, 15) is 4.79 Å². The Morgan fingerprint density at radius 1 is 1.75 bits per heavy atom. The van der Waals surface area contributed by atoms with Gasteiger partial charge in [0.25, 0.3) is 0 Å². The summed E-state index contributed by atoms with van der Waals surface area (Å²) in [5.41, 5.74) is 0. The second-order valence-corrected chi connectivity index (χ2v) is 4.68. The van der Waals surface area contributed by atoms with Crippen LogP contribution in [0.5, 0.6) is 0 Å². The van der Waals surface area contributed by atoms with Gasteiger partial charge in [-0.15, -0.1) is 0 Å². The molecule has 3 nitrogen and oxygen atoms in total. The van der Waals surface area contributed by atoms with E-state index < -0.39 is 0 Å². The highest BCUT2D eigenvalue weighted by Crippen LogP contribution is 2.00. The predicted octanol–water partition coefficient (Wildman–Crippen LogP) is 0.916. The van der Waals surface area contributed by atoms with Crippen LogP contribution in [0.2, 0.25) is 0 Å². The summed E-state index contributed by atoms with van der Waals surface area (Å²) in [6.45, 7) is 1.63. The minimum Gasteiger partial charge on any atom is -0.468 e. The number of carbonyl (C=O) groups excluding carboxylic acids is 1. The van der Waals surface area contributed by atoms with E-state index in [0.29, 0.717) is 6.54 Å². The molecule has 0 aliphatic rings. The summed E-state index contributed by atoms with van der Waals surface area (Å²) in [6.07, 6.45) is 2.06. The SMILES string of the molecule is COC(=O)C(I)CNCCSC. The first-order valence-corrected chi connectivity index (χ1v) is 6.28. The van der Waals surface area contributed by atoms with Crippen LogP contribution in [-0.2, 0) is 9.53 Å². The first kappa shape index (κ1) is 12.5. The molecular weight excluding hydrogens is 289 g/mol. The van der Waals surface area contributed by atoms with Crippen molar-refractivity contribution < 1.29 is 9.53 Å². The van der Waals surface area contributed by atoms with Crippen molar-refractivity contribution in [1.29, 1.82) is 0 Å². The molecular formula is C7H14INO2S. The number of hydrogen-bond donors (Lipinski definition) is 1. The van der Waals surface area contributed by atoms with E-state index in [0.717, 1.165) is 12.3 Å². The Balaban J connectivity index is 3.31. The van der Waals surface area contributed by atoms with Crippen LogP contribution in [0.25, 0.3) is 0 Å². The van der Waals surface area contributed by atoms with E-state index in [1.807, 2.05) is 0 Å². The van der Waals surface area contributed by atoms with Crippen molar-refractivity contribution in [3.05, 3.63) is 0 Å². The molecule has 1 N–H and O–H groups in total. The zero-order valence-electron chi connectivity index (χ0n) is 7.30. The van der Waals surface area contributed by atoms with E-state index in [4.69, 9.17) is 0 Å². The van der Waals surface area contributed by atoms with Gasteiger partial charge in [0.1, 0.15) is 3.92 Å². The first-order chi connectivity index (χ1) is 5.72. The molecule has 0 rings (SSSR count). The molecule has 5 heteroatoms. The van der Waals surface area contributed by atoms with Crippen molar-refractivity contribution in [3.8, 4) is 0 Å². The van der Waals surface area contributed by atoms with Crippen LogP contribution < -0.4 is 5.32 Å². The minimum atomic E-state index is -0.160. The highest BCUT2D eigenvalue weighted by molar-refractivity contribution is 14.1. The summed E-state index contributed by atoms with van der Waals surface area (Å²) in [5.74, 6) is 0.914. The number of methoxy groups -OCH3 is 1. The molecule has 0 aromatic heterocycles. The van der Waals surface area contributed by atoms with Crippen LogP contribution in [0.15, 0.2) is 0 Å². The summed E-state index contributed by atoms with van der Waals surface area (Å²) in [6, 6.07) is 0. The molecule has 0 bridgehead atoms. The van der Waals surface area contributed by atoms with Gasteiger partial charge in [0.05, 0.1) is 7.11 Å². The molecule has 0 spiro atoms. The number of esters is 1. The number of carbonyl (C=O) groups is 1. The van der Waals surface area contributed by atoms with Crippen LogP contribution in [0.4, 0.5) is 0 Å². The van der Waals surface area contributed by atoms with Crippen molar-refractivity contribution in [2.45, 2.75) is 3.92 Å². The Labute approximate surface area is 91.1 Å². The van der Waals surface area contributed by atoms with Gasteiger partial charge in [-0.3, -0.25) is 4.79 Å². The smallest absolute Gasteiger partial charge is 0.319 e. The molecule has 0 aliphatic heterocycles. The van der Waals surface area contributed by atoms with Gasteiger partial charge in [-0.1, -0.05) is 22.6 Å². The maximum Gasteiger partial charge on any atom is 0.319 e. The minimum absolute atomic E-state index is 0.0746. The van der Waals surface area contributed by atoms with Gasteiger partial charge in [-0.2, -0.15) is 11.8 Å². The monoisotopic (exact) mass is 303 g/mol. The topological polar surface area (TPSA) is 38.3 Å². The second kappa shape index (κ2) is 8.12. The molecule has 0 saturated carbocycles. The quantitative estimate of drug-likeness (QED) is 0.343. The Kier molecular flexibility index (Phi) is 8.47. The summed E-state index contributed by atoms with van der Waals surface area (Å²) >= 11 is 3.86. The van der Waals surface area contributed by atoms with Crippen molar-refractivity contribution >= 4 is 40.3 Å². The van der Waals surface area contributed by atoms with Crippen molar-refractivity contribution in [2.75, 3.05) is 32.2 Å². The van der Waals surface area contributed by atoms with Gasteiger partial charge < -0.3 is 10.1 Å². The fourth-order valence-corrected chi connectivity index (χ4v) is 1.53. The molecule has 0 heterocycles. The fourth-order valence-electron chi connectivity index (χ4n) is 0.614. The number of nitrogens with one attached hydrogen (secondary N) is 1. The van der Waals surface area contributed by atoms with Gasteiger partial charge in [0.2, 0.25) is 0 Å². The first-order valence-electron chi connectivity index (χ1n) is 3.64. The largest absolute Gasteiger partial charge is 0.468 e. The van der Waals surface area contributed by atoms with E-state index in [1.165, 1.54) is 7.11 Å². The third-order valence-corrected chi connectivity index (χ3v) is 2.82. The number of hydrogen-bond acceptors (Lipinski definition) is 4. The molecule has 12 heavy (non-hydrogen) atoms. The van der Waals surface area contributed by atoms with Gasteiger partial charge >= 0.3 is 5.97 Å². The zero-order chi connectivity index (χ0) is 9.40. The zero-order valence-corrected chi connectivity index (χ0v) is 10.3. The lowest BCUT2D eigenvalue weighted by molar-refractivity contribution is -0.139. The van der Waals surface area contributed by atoms with E-state index in [2.05, 4.69) is 38.9 Å². The Morgan fingerprint density at radius 2 is 2.42 bits per heavy atom. The summed E-state index contributed by atoms with van der Waals surface area (Å²) in [7, 11) is 1.41. The Hall–Kier alpha value is 0.510. The third kappa shape index (κ3) is 6.07. The van der Waals surface area contributed by atoms with E-state index >= 15 is 0 Å². The maximum absolute atomic E-state index is 10.9. The molecule has 0 fully saturated rings. The number of halogens is 1. The van der Waals surface area contributed by atoms with Crippen molar-refractivity contribution in [2.24, 2.45) is 0 Å². The molecule has 0 aromatic carbocycles. The number of rotatable bonds is 6. The van der Waals surface area contributed by atoms with E-state index in [1.54, 1.807) is 11.8 Å². The summed E-state index contributed by atoms with van der Waals surface area (Å²) < 4.78 is 4.50. The number of thioether (sulfide) groups is 1. The van der Waals surface area contributed by atoms with Crippen LogP contribution in [0, 0.1) is 0 Å². The molecule has 72 valence electrons. The lowest BCUT2D eigenvalue weighted by Crippen LogP contribution is -2.30. The second-order valence-electron chi connectivity index (χ2n) is 2.19. The maximum atomic E-state index is 10.9. The van der Waals surface area contributed by atoms with E-state index in [-0.39, 0.29) is 9.89 Å². The van der Waals surface area contributed by atoms with Gasteiger partial charge in [0, 0.05) is 18.8 Å². The fraction of sp³-hybridized carbons (Fsp3) is 0.857. The van der Waals surface area contributed by atoms with Crippen LogP contribution in [0.1, 0.15) is 0 Å². The molecule has 0 radical (unpaired) electrons. The molecule has 0 aliphatic carbocycles. The Bertz CT molecular complexity index is 135. The molecule has 1 atom stereocenters. The normalized spacial score (nSPS) is 12.6. The van der Waals surface area contributed by atoms with Crippen LogP contribution in [-0.4, -0.2) is 42.1 Å². The Morgan fingerprint density at radius 3 is 2.92 bits per heavy atom. The van der Waals surface area contributed by atoms with Crippen LogP contribution >= 0.6 is 34.4 Å². The van der Waals surface area contributed by atoms with Gasteiger partial charge in [-0.25, -0.2) is 0 Å². The molecule has 1 unspecified atom stereocenters. The lowest BCUT2D eigenvalue weighted by atomic mass is 10.4.